The molecule has 7 heteroatoms. The zero-order valence-corrected chi connectivity index (χ0v) is 14.8. The normalized spacial score (nSPS) is 24.6. The first-order valence-corrected chi connectivity index (χ1v) is 8.79. The van der Waals surface area contributed by atoms with Gasteiger partial charge in [-0.15, -0.1) is 0 Å². The first-order chi connectivity index (χ1) is 11.9. The Labute approximate surface area is 151 Å². The van der Waals surface area contributed by atoms with Crippen LogP contribution in [-0.2, 0) is 14.4 Å². The van der Waals surface area contributed by atoms with Crippen LogP contribution in [0.25, 0.3) is 0 Å². The van der Waals surface area contributed by atoms with Gasteiger partial charge >= 0.3 is 5.97 Å². The summed E-state index contributed by atoms with van der Waals surface area (Å²) in [5, 5.41) is 9.66. The average Bonchev–Trinajstić information content (AvgIpc) is 2.89. The van der Waals surface area contributed by atoms with E-state index in [4.69, 9.17) is 16.7 Å². The standard InChI is InChI=1S/C18H21ClN2O4/c1-20-15(22)10-14(16(20)12-3-2-4-13(19)9-12)17(23)21-7-5-11(6-8-21)18(24)25/h2-4,9,11,14,16H,5-8,10H2,1H3,(H,24,25)/t14-,16+/m1/s1. The number of carbonyl (C=O) groups is 3. The molecule has 2 amide bonds. The summed E-state index contributed by atoms with van der Waals surface area (Å²) in [5.74, 6) is -1.80. The third-order valence-electron chi connectivity index (χ3n) is 5.25. The van der Waals surface area contributed by atoms with E-state index >= 15 is 0 Å². The van der Waals surface area contributed by atoms with Gasteiger partial charge in [0.25, 0.3) is 0 Å². The molecule has 25 heavy (non-hydrogen) atoms. The number of likely N-dealkylation sites (tertiary alicyclic amines) is 2. The fourth-order valence-corrected chi connectivity index (χ4v) is 4.02. The molecule has 2 saturated heterocycles. The summed E-state index contributed by atoms with van der Waals surface area (Å²) in [4.78, 5) is 39.6. The van der Waals surface area contributed by atoms with Crippen LogP contribution in [0.15, 0.2) is 24.3 Å². The zero-order chi connectivity index (χ0) is 18.1. The van der Waals surface area contributed by atoms with Crippen molar-refractivity contribution in [3.63, 3.8) is 0 Å². The number of carboxylic acid groups (broad SMARTS) is 1. The van der Waals surface area contributed by atoms with Crippen molar-refractivity contribution in [2.75, 3.05) is 20.1 Å². The molecule has 2 atom stereocenters. The molecule has 1 aromatic rings. The molecular formula is C18H21ClN2O4. The molecule has 0 spiro atoms. The summed E-state index contributed by atoms with van der Waals surface area (Å²) in [5.41, 5.74) is 0.847. The van der Waals surface area contributed by atoms with Crippen LogP contribution < -0.4 is 0 Å². The number of hydrogen-bond acceptors (Lipinski definition) is 3. The number of amides is 2. The smallest absolute Gasteiger partial charge is 0.306 e. The van der Waals surface area contributed by atoms with Gasteiger partial charge in [-0.1, -0.05) is 23.7 Å². The van der Waals surface area contributed by atoms with E-state index in [9.17, 15) is 14.4 Å². The minimum atomic E-state index is -0.806. The van der Waals surface area contributed by atoms with Gasteiger partial charge in [-0.3, -0.25) is 14.4 Å². The molecule has 1 aromatic carbocycles. The number of hydrogen-bond donors (Lipinski definition) is 1. The highest BCUT2D eigenvalue weighted by Gasteiger charge is 2.44. The number of halogens is 1. The Hall–Kier alpha value is -2.08. The van der Waals surface area contributed by atoms with Crippen molar-refractivity contribution < 1.29 is 19.5 Å². The van der Waals surface area contributed by atoms with E-state index in [1.807, 2.05) is 12.1 Å². The van der Waals surface area contributed by atoms with E-state index in [1.165, 1.54) is 0 Å². The molecule has 0 aliphatic carbocycles. The second-order valence-corrected chi connectivity index (χ2v) is 7.19. The Morgan fingerprint density at radius 2 is 1.92 bits per heavy atom. The van der Waals surface area contributed by atoms with Crippen molar-refractivity contribution >= 4 is 29.4 Å². The molecule has 6 nitrogen and oxygen atoms in total. The summed E-state index contributed by atoms with van der Waals surface area (Å²) in [6.07, 6.45) is 1.09. The monoisotopic (exact) mass is 364 g/mol. The number of rotatable bonds is 3. The summed E-state index contributed by atoms with van der Waals surface area (Å²) in [6, 6.07) is 6.90. The van der Waals surface area contributed by atoms with E-state index in [0.29, 0.717) is 31.0 Å². The fraction of sp³-hybridized carbons (Fsp3) is 0.500. The van der Waals surface area contributed by atoms with Crippen molar-refractivity contribution in [1.29, 1.82) is 0 Å². The lowest BCUT2D eigenvalue weighted by molar-refractivity contribution is -0.147. The van der Waals surface area contributed by atoms with Crippen LogP contribution in [0.5, 0.6) is 0 Å². The number of benzene rings is 1. The Kier molecular flexibility index (Phi) is 4.99. The maximum atomic E-state index is 13.0. The summed E-state index contributed by atoms with van der Waals surface area (Å²) >= 11 is 6.07. The fourth-order valence-electron chi connectivity index (χ4n) is 3.82. The Bertz CT molecular complexity index is 700. The lowest BCUT2D eigenvalue weighted by atomic mass is 9.90. The maximum absolute atomic E-state index is 13.0. The third-order valence-corrected chi connectivity index (χ3v) is 5.48. The van der Waals surface area contributed by atoms with Gasteiger partial charge in [-0.2, -0.15) is 0 Å². The number of piperidine rings is 1. The number of nitrogens with zero attached hydrogens (tertiary/aromatic N) is 2. The number of carboxylic acids is 1. The van der Waals surface area contributed by atoms with E-state index in [-0.39, 0.29) is 30.2 Å². The molecule has 0 radical (unpaired) electrons. The molecule has 0 saturated carbocycles. The number of carbonyl (C=O) groups excluding carboxylic acids is 2. The molecule has 134 valence electrons. The summed E-state index contributed by atoms with van der Waals surface area (Å²) in [6.45, 7) is 0.846. The first-order valence-electron chi connectivity index (χ1n) is 8.41. The molecule has 0 bridgehead atoms. The summed E-state index contributed by atoms with van der Waals surface area (Å²) in [7, 11) is 1.71. The molecule has 2 fully saturated rings. The van der Waals surface area contributed by atoms with Crippen LogP contribution in [0, 0.1) is 11.8 Å². The molecule has 0 aromatic heterocycles. The SMILES string of the molecule is CN1C(=O)C[C@@H](C(=O)N2CCC(C(=O)O)CC2)[C@@H]1c1cccc(Cl)c1. The quantitative estimate of drug-likeness (QED) is 0.891. The molecule has 2 heterocycles. The predicted octanol–water partition coefficient (Wildman–Crippen LogP) is 2.18. The van der Waals surface area contributed by atoms with Gasteiger partial charge in [0.2, 0.25) is 11.8 Å². The maximum Gasteiger partial charge on any atom is 0.306 e. The first kappa shape index (κ1) is 17.7. The van der Waals surface area contributed by atoms with E-state index in [0.717, 1.165) is 5.56 Å². The molecule has 1 N–H and O–H groups in total. The topological polar surface area (TPSA) is 77.9 Å². The highest BCUT2D eigenvalue weighted by Crippen LogP contribution is 2.39. The van der Waals surface area contributed by atoms with Gasteiger partial charge in [0, 0.05) is 31.6 Å². The number of aliphatic carboxylic acids is 1. The van der Waals surface area contributed by atoms with Crippen molar-refractivity contribution in [2.24, 2.45) is 11.8 Å². The van der Waals surface area contributed by atoms with Gasteiger partial charge in [-0.25, -0.2) is 0 Å². The second kappa shape index (κ2) is 7.04. The van der Waals surface area contributed by atoms with Gasteiger partial charge < -0.3 is 14.9 Å². The van der Waals surface area contributed by atoms with Gasteiger partial charge in [0.1, 0.15) is 0 Å². The average molecular weight is 365 g/mol. The third kappa shape index (κ3) is 3.49. The van der Waals surface area contributed by atoms with Crippen LogP contribution in [0.3, 0.4) is 0 Å². The van der Waals surface area contributed by atoms with E-state index < -0.39 is 11.9 Å². The van der Waals surface area contributed by atoms with Gasteiger partial charge in [-0.05, 0) is 30.5 Å². The van der Waals surface area contributed by atoms with Crippen molar-refractivity contribution in [3.8, 4) is 0 Å². The molecule has 2 aliphatic rings. The predicted molar refractivity (Wildman–Crippen MR) is 92.0 cm³/mol. The van der Waals surface area contributed by atoms with Crippen molar-refractivity contribution in [1.82, 2.24) is 9.80 Å². The van der Waals surface area contributed by atoms with Crippen LogP contribution in [-0.4, -0.2) is 52.8 Å². The lowest BCUT2D eigenvalue weighted by Gasteiger charge is -2.34. The van der Waals surface area contributed by atoms with E-state index in [2.05, 4.69) is 0 Å². The minimum Gasteiger partial charge on any atom is -0.481 e. The molecule has 3 rings (SSSR count). The van der Waals surface area contributed by atoms with Crippen LogP contribution >= 0.6 is 11.6 Å². The minimum absolute atomic E-state index is 0.0660. The Morgan fingerprint density at radius 3 is 2.52 bits per heavy atom. The van der Waals surface area contributed by atoms with Crippen LogP contribution in [0.2, 0.25) is 5.02 Å². The molecule has 0 unspecified atom stereocenters. The highest BCUT2D eigenvalue weighted by atomic mass is 35.5. The Morgan fingerprint density at radius 1 is 1.24 bits per heavy atom. The van der Waals surface area contributed by atoms with Crippen molar-refractivity contribution in [2.45, 2.75) is 25.3 Å². The van der Waals surface area contributed by atoms with Crippen LogP contribution in [0.1, 0.15) is 30.9 Å². The second-order valence-electron chi connectivity index (χ2n) is 6.75. The van der Waals surface area contributed by atoms with E-state index in [1.54, 1.807) is 29.0 Å². The lowest BCUT2D eigenvalue weighted by Crippen LogP contribution is -2.44. The van der Waals surface area contributed by atoms with Gasteiger partial charge in [0.15, 0.2) is 0 Å². The summed E-state index contributed by atoms with van der Waals surface area (Å²) < 4.78 is 0. The van der Waals surface area contributed by atoms with Crippen molar-refractivity contribution in [3.05, 3.63) is 34.9 Å². The van der Waals surface area contributed by atoms with Gasteiger partial charge in [0.05, 0.1) is 17.9 Å². The Balaban J connectivity index is 1.79. The van der Waals surface area contributed by atoms with Crippen LogP contribution in [0.4, 0.5) is 0 Å². The highest BCUT2D eigenvalue weighted by molar-refractivity contribution is 6.30. The largest absolute Gasteiger partial charge is 0.481 e. The molecular weight excluding hydrogens is 344 g/mol. The zero-order valence-electron chi connectivity index (χ0n) is 14.0. The molecule has 2 aliphatic heterocycles.